The number of nitrogens with zero attached hydrogens (tertiary/aromatic N) is 4. The number of piperazine rings is 1. The van der Waals surface area contributed by atoms with E-state index in [4.69, 9.17) is 0 Å². The first kappa shape index (κ1) is 18.7. The molecule has 0 aliphatic carbocycles. The summed E-state index contributed by atoms with van der Waals surface area (Å²) >= 11 is 1.53. The molecule has 0 saturated carbocycles. The number of aromatic nitrogens is 2. The minimum Gasteiger partial charge on any atom is -0.336 e. The fraction of sp³-hybridized carbons (Fsp3) is 0.227. The molecule has 142 valence electrons. The van der Waals surface area contributed by atoms with Crippen molar-refractivity contribution in [2.75, 3.05) is 26.2 Å². The first-order chi connectivity index (χ1) is 13.8. The Balaban J connectivity index is 1.40. The van der Waals surface area contributed by atoms with Gasteiger partial charge in [0, 0.05) is 56.2 Å². The molecule has 3 aromatic rings. The van der Waals surface area contributed by atoms with Crippen molar-refractivity contribution in [1.82, 2.24) is 19.8 Å². The van der Waals surface area contributed by atoms with Gasteiger partial charge < -0.3 is 4.90 Å². The van der Waals surface area contributed by atoms with Crippen molar-refractivity contribution in [3.8, 4) is 0 Å². The Labute approximate surface area is 169 Å². The summed E-state index contributed by atoms with van der Waals surface area (Å²) in [5.41, 5.74) is 1.93. The molecule has 3 heterocycles. The molecule has 1 fully saturated rings. The van der Waals surface area contributed by atoms with Crippen LogP contribution in [0.2, 0.25) is 0 Å². The van der Waals surface area contributed by atoms with Crippen molar-refractivity contribution >= 4 is 17.7 Å². The van der Waals surface area contributed by atoms with E-state index in [1.807, 2.05) is 71.9 Å². The summed E-state index contributed by atoms with van der Waals surface area (Å²) in [6, 6.07) is 17.8. The normalized spacial score (nSPS) is 14.8. The molecule has 0 N–H and O–H groups in total. The van der Waals surface area contributed by atoms with E-state index >= 15 is 0 Å². The zero-order valence-electron chi connectivity index (χ0n) is 15.6. The highest BCUT2D eigenvalue weighted by Gasteiger charge is 2.24. The maximum absolute atomic E-state index is 13.1. The molecule has 1 saturated heterocycles. The summed E-state index contributed by atoms with van der Waals surface area (Å²) in [4.78, 5) is 27.0. The van der Waals surface area contributed by atoms with Gasteiger partial charge in [0.05, 0.1) is 5.56 Å². The molecule has 0 atom stereocenters. The van der Waals surface area contributed by atoms with E-state index in [1.165, 1.54) is 17.3 Å². The fourth-order valence-electron chi connectivity index (χ4n) is 3.26. The Morgan fingerprint density at radius 2 is 1.64 bits per heavy atom. The van der Waals surface area contributed by atoms with Crippen LogP contribution in [-0.2, 0) is 6.54 Å². The number of pyridine rings is 2. The van der Waals surface area contributed by atoms with Gasteiger partial charge in [-0.1, -0.05) is 30.0 Å². The van der Waals surface area contributed by atoms with Crippen LogP contribution in [0.25, 0.3) is 0 Å². The van der Waals surface area contributed by atoms with Crippen LogP contribution in [0.3, 0.4) is 0 Å². The monoisotopic (exact) mass is 390 g/mol. The van der Waals surface area contributed by atoms with Gasteiger partial charge in [-0.3, -0.25) is 14.7 Å². The van der Waals surface area contributed by atoms with Gasteiger partial charge in [0.25, 0.3) is 5.91 Å². The number of carbonyl (C=O) groups is 1. The third-order valence-electron chi connectivity index (χ3n) is 4.77. The number of benzene rings is 1. The molecule has 2 aromatic heterocycles. The number of rotatable bonds is 5. The van der Waals surface area contributed by atoms with E-state index < -0.39 is 0 Å². The summed E-state index contributed by atoms with van der Waals surface area (Å²) < 4.78 is 0. The minimum absolute atomic E-state index is 0.0649. The van der Waals surface area contributed by atoms with Crippen molar-refractivity contribution < 1.29 is 4.79 Å². The first-order valence-corrected chi connectivity index (χ1v) is 10.2. The van der Waals surface area contributed by atoms with Gasteiger partial charge >= 0.3 is 0 Å². The number of amides is 1. The first-order valence-electron chi connectivity index (χ1n) is 9.38. The fourth-order valence-corrected chi connectivity index (χ4v) is 4.16. The lowest BCUT2D eigenvalue weighted by Crippen LogP contribution is -2.48. The van der Waals surface area contributed by atoms with Crippen LogP contribution in [0.4, 0.5) is 0 Å². The van der Waals surface area contributed by atoms with Crippen LogP contribution in [0.1, 0.15) is 15.9 Å². The van der Waals surface area contributed by atoms with Gasteiger partial charge in [-0.05, 0) is 42.0 Å². The van der Waals surface area contributed by atoms with Crippen LogP contribution in [0.5, 0.6) is 0 Å². The zero-order chi connectivity index (χ0) is 19.2. The average Bonchev–Trinajstić information content (AvgIpc) is 2.76. The SMILES string of the molecule is O=C(c1cccnc1Sc1ccccc1)N1CCN(Cc2ccncc2)CC1. The molecule has 0 radical (unpaired) electrons. The average molecular weight is 391 g/mol. The highest BCUT2D eigenvalue weighted by Crippen LogP contribution is 2.29. The largest absolute Gasteiger partial charge is 0.336 e. The highest BCUT2D eigenvalue weighted by atomic mass is 32.2. The maximum atomic E-state index is 13.1. The number of hydrogen-bond acceptors (Lipinski definition) is 5. The predicted molar refractivity (Wildman–Crippen MR) is 110 cm³/mol. The molecular formula is C22H22N4OS. The van der Waals surface area contributed by atoms with Crippen molar-refractivity contribution in [1.29, 1.82) is 0 Å². The van der Waals surface area contributed by atoms with Gasteiger partial charge in [-0.2, -0.15) is 0 Å². The summed E-state index contributed by atoms with van der Waals surface area (Å²) in [5.74, 6) is 0.0649. The second kappa shape index (κ2) is 8.99. The molecule has 1 aliphatic heterocycles. The van der Waals surface area contributed by atoms with Gasteiger partial charge in [0.1, 0.15) is 5.03 Å². The van der Waals surface area contributed by atoms with E-state index in [-0.39, 0.29) is 5.91 Å². The Hall–Kier alpha value is -2.70. The molecule has 4 rings (SSSR count). The Kier molecular flexibility index (Phi) is 5.99. The Morgan fingerprint density at radius 3 is 2.39 bits per heavy atom. The lowest BCUT2D eigenvalue weighted by molar-refractivity contribution is 0.0624. The second-order valence-corrected chi connectivity index (χ2v) is 7.76. The van der Waals surface area contributed by atoms with E-state index in [9.17, 15) is 4.79 Å². The summed E-state index contributed by atoms with van der Waals surface area (Å²) in [6.07, 6.45) is 5.39. The van der Waals surface area contributed by atoms with Gasteiger partial charge in [-0.25, -0.2) is 4.98 Å². The lowest BCUT2D eigenvalue weighted by Gasteiger charge is -2.35. The second-order valence-electron chi connectivity index (χ2n) is 6.70. The summed E-state index contributed by atoms with van der Waals surface area (Å²) in [7, 11) is 0. The van der Waals surface area contributed by atoms with Crippen molar-refractivity contribution in [2.45, 2.75) is 16.5 Å². The van der Waals surface area contributed by atoms with Crippen LogP contribution in [0.15, 0.2) is 83.1 Å². The van der Waals surface area contributed by atoms with E-state index in [0.29, 0.717) is 5.56 Å². The molecule has 5 nitrogen and oxygen atoms in total. The number of carbonyl (C=O) groups excluding carboxylic acids is 1. The third kappa shape index (κ3) is 4.58. The topological polar surface area (TPSA) is 49.3 Å². The smallest absolute Gasteiger partial charge is 0.256 e. The molecule has 1 aliphatic rings. The third-order valence-corrected chi connectivity index (χ3v) is 5.80. The van der Waals surface area contributed by atoms with Crippen LogP contribution >= 0.6 is 11.8 Å². The minimum atomic E-state index is 0.0649. The van der Waals surface area contributed by atoms with Crippen molar-refractivity contribution in [3.05, 3.63) is 84.3 Å². The predicted octanol–water partition coefficient (Wildman–Crippen LogP) is 3.59. The quantitative estimate of drug-likeness (QED) is 0.666. The summed E-state index contributed by atoms with van der Waals surface area (Å²) in [5, 5.41) is 0.762. The van der Waals surface area contributed by atoms with Crippen LogP contribution < -0.4 is 0 Å². The lowest BCUT2D eigenvalue weighted by atomic mass is 10.2. The molecule has 0 spiro atoms. The molecule has 0 unspecified atom stereocenters. The molecule has 28 heavy (non-hydrogen) atoms. The Bertz CT molecular complexity index is 912. The Morgan fingerprint density at radius 1 is 0.893 bits per heavy atom. The molecule has 6 heteroatoms. The highest BCUT2D eigenvalue weighted by molar-refractivity contribution is 7.99. The number of hydrogen-bond donors (Lipinski definition) is 0. The van der Waals surface area contributed by atoms with E-state index in [1.54, 1.807) is 6.20 Å². The van der Waals surface area contributed by atoms with Crippen LogP contribution in [-0.4, -0.2) is 51.9 Å². The van der Waals surface area contributed by atoms with E-state index in [2.05, 4.69) is 14.9 Å². The van der Waals surface area contributed by atoms with Crippen molar-refractivity contribution in [3.63, 3.8) is 0 Å². The van der Waals surface area contributed by atoms with Gasteiger partial charge in [-0.15, -0.1) is 0 Å². The van der Waals surface area contributed by atoms with E-state index in [0.717, 1.165) is 42.6 Å². The molecule has 0 bridgehead atoms. The molecular weight excluding hydrogens is 368 g/mol. The summed E-state index contributed by atoms with van der Waals surface area (Å²) in [6.45, 7) is 4.10. The van der Waals surface area contributed by atoms with Crippen LogP contribution in [0, 0.1) is 0 Å². The standard InChI is InChI=1S/C22H22N4OS/c27-22(20-7-4-10-24-21(20)28-19-5-2-1-3-6-19)26-15-13-25(14-16-26)17-18-8-11-23-12-9-18/h1-12H,13-17H2. The zero-order valence-corrected chi connectivity index (χ0v) is 16.4. The molecule has 1 aromatic carbocycles. The van der Waals surface area contributed by atoms with Gasteiger partial charge in [0.15, 0.2) is 0 Å². The molecule has 1 amide bonds. The maximum Gasteiger partial charge on any atom is 0.256 e. The van der Waals surface area contributed by atoms with Crippen molar-refractivity contribution in [2.24, 2.45) is 0 Å². The van der Waals surface area contributed by atoms with Gasteiger partial charge in [0.2, 0.25) is 0 Å².